The van der Waals surface area contributed by atoms with Gasteiger partial charge in [0.1, 0.15) is 11.0 Å². The fraction of sp³-hybridized carbons (Fsp3) is 0.200. The van der Waals surface area contributed by atoms with Crippen molar-refractivity contribution in [3.8, 4) is 5.75 Å². The number of anilines is 2. The molecule has 13 heteroatoms. The number of thiazole rings is 1. The zero-order valence-electron chi connectivity index (χ0n) is 22.3. The first-order valence-electron chi connectivity index (χ1n) is 13.0. The number of hydrogen-bond donors (Lipinski definition) is 2. The van der Waals surface area contributed by atoms with Crippen molar-refractivity contribution in [2.75, 3.05) is 16.8 Å². The summed E-state index contributed by atoms with van der Waals surface area (Å²) in [5.74, 6) is -2.94. The number of nitrogens with zero attached hydrogens (tertiary/aromatic N) is 1. The maximum Gasteiger partial charge on any atom is 0.416 e. The maximum absolute atomic E-state index is 13.8. The molecular weight excluding hydrogens is 603 g/mol. The third-order valence-electron chi connectivity index (χ3n) is 7.20. The van der Waals surface area contributed by atoms with E-state index in [2.05, 4.69) is 10.3 Å². The first-order chi connectivity index (χ1) is 20.5. The summed E-state index contributed by atoms with van der Waals surface area (Å²) in [7, 11) is 0. The number of aromatic nitrogens is 1. The first kappa shape index (κ1) is 28.7. The van der Waals surface area contributed by atoms with Crippen LogP contribution in [-0.4, -0.2) is 34.6 Å². The van der Waals surface area contributed by atoms with Crippen molar-refractivity contribution in [2.45, 2.75) is 29.3 Å². The van der Waals surface area contributed by atoms with Gasteiger partial charge in [-0.05, 0) is 55.0 Å². The molecule has 0 bridgehead atoms. The van der Waals surface area contributed by atoms with Crippen LogP contribution >= 0.6 is 23.1 Å². The second-order valence-corrected chi connectivity index (χ2v) is 12.2. The standard InChI is InChI=1S/C30H22F3N3O5S2/c1-15-5-9-18(10-6-15)34-21(37)14-41-20-11-7-16(8-12-20)22-23-25(42-26-24(22)43-29(40)35-26)28(39)36(27(23)38)19-4-2-3-17(13-19)30(31,32)33/h2-13,22-23,25H,14H2,1H3,(H,34,37)(H,35,40)/t22-,23-,25+/m0/s1. The van der Waals surface area contributed by atoms with Crippen LogP contribution < -0.4 is 19.8 Å². The first-order valence-corrected chi connectivity index (χ1v) is 14.7. The van der Waals surface area contributed by atoms with Crippen LogP contribution in [0.4, 0.5) is 24.5 Å². The number of aromatic amines is 1. The molecule has 2 aliphatic heterocycles. The van der Waals surface area contributed by atoms with Gasteiger partial charge in [-0.2, -0.15) is 13.2 Å². The van der Waals surface area contributed by atoms with E-state index in [-0.39, 0.29) is 23.1 Å². The zero-order chi connectivity index (χ0) is 30.5. The van der Waals surface area contributed by atoms with E-state index >= 15 is 0 Å². The van der Waals surface area contributed by atoms with Gasteiger partial charge in [-0.1, -0.05) is 59.0 Å². The number of H-pyrrole nitrogens is 1. The Morgan fingerprint density at radius 3 is 2.42 bits per heavy atom. The highest BCUT2D eigenvalue weighted by Crippen LogP contribution is 2.53. The number of aryl methyl sites for hydroxylation is 1. The molecule has 3 amide bonds. The van der Waals surface area contributed by atoms with Crippen LogP contribution in [0.1, 0.15) is 27.5 Å². The number of imide groups is 1. The summed E-state index contributed by atoms with van der Waals surface area (Å²) in [6.07, 6.45) is -4.65. The molecular formula is C30H22F3N3O5S2. The summed E-state index contributed by atoms with van der Waals surface area (Å²) < 4.78 is 45.8. The number of hydrogen-bond acceptors (Lipinski definition) is 7. The van der Waals surface area contributed by atoms with Gasteiger partial charge in [0, 0.05) is 16.5 Å². The number of ether oxygens (including phenoxy) is 1. The van der Waals surface area contributed by atoms with Gasteiger partial charge in [-0.3, -0.25) is 19.2 Å². The number of fused-ring (bicyclic) bond motifs is 2. The van der Waals surface area contributed by atoms with Crippen LogP contribution in [0, 0.1) is 12.8 Å². The number of thioether (sulfide) groups is 1. The molecule has 1 aromatic heterocycles. The summed E-state index contributed by atoms with van der Waals surface area (Å²) in [6.45, 7) is 1.69. The SMILES string of the molecule is Cc1ccc(NC(=O)COc2ccc([C@@H]3c4sc(=O)[nH]c4S[C@H]4C(=O)N(c5cccc(C(F)(F)F)c5)C(=O)[C@@H]34)cc2)cc1. The van der Waals surface area contributed by atoms with Crippen LogP contribution in [0.5, 0.6) is 5.75 Å². The van der Waals surface area contributed by atoms with Gasteiger partial charge in [0.2, 0.25) is 11.8 Å². The fourth-order valence-corrected chi connectivity index (χ4v) is 7.72. The normalized spacial score (nSPS) is 19.6. The summed E-state index contributed by atoms with van der Waals surface area (Å²) >= 11 is 1.96. The van der Waals surface area contributed by atoms with Crippen LogP contribution in [0.3, 0.4) is 0 Å². The molecule has 2 aliphatic rings. The Bertz CT molecular complexity index is 1780. The fourth-order valence-electron chi connectivity index (χ4n) is 5.21. The summed E-state index contributed by atoms with van der Waals surface area (Å²) in [4.78, 5) is 55.7. The van der Waals surface area contributed by atoms with Crippen molar-refractivity contribution in [3.63, 3.8) is 0 Å². The highest BCUT2D eigenvalue weighted by molar-refractivity contribution is 8.00. The topological polar surface area (TPSA) is 109 Å². The van der Waals surface area contributed by atoms with Crippen LogP contribution in [0.15, 0.2) is 82.6 Å². The van der Waals surface area contributed by atoms with Crippen molar-refractivity contribution in [1.29, 1.82) is 0 Å². The predicted octanol–water partition coefficient (Wildman–Crippen LogP) is 5.58. The minimum absolute atomic E-state index is 0.164. The molecule has 0 unspecified atom stereocenters. The lowest BCUT2D eigenvalue weighted by molar-refractivity contribution is -0.137. The highest BCUT2D eigenvalue weighted by Gasteiger charge is 2.56. The van der Waals surface area contributed by atoms with E-state index in [9.17, 15) is 32.3 Å². The number of halogens is 3. The van der Waals surface area contributed by atoms with Gasteiger partial charge in [-0.25, -0.2) is 4.90 Å². The molecule has 8 nitrogen and oxygen atoms in total. The van der Waals surface area contributed by atoms with Crippen LogP contribution in [-0.2, 0) is 20.6 Å². The number of rotatable bonds is 6. The molecule has 43 heavy (non-hydrogen) atoms. The van der Waals surface area contributed by atoms with E-state index in [0.29, 0.717) is 26.9 Å². The van der Waals surface area contributed by atoms with Crippen molar-refractivity contribution >= 4 is 52.2 Å². The molecule has 6 rings (SSSR count). The van der Waals surface area contributed by atoms with Gasteiger partial charge >= 0.3 is 11.0 Å². The molecule has 3 atom stereocenters. The van der Waals surface area contributed by atoms with Crippen molar-refractivity contribution in [3.05, 3.63) is 104 Å². The Morgan fingerprint density at radius 1 is 1.00 bits per heavy atom. The lowest BCUT2D eigenvalue weighted by atomic mass is 9.83. The minimum Gasteiger partial charge on any atom is -0.484 e. The largest absolute Gasteiger partial charge is 0.484 e. The Morgan fingerprint density at radius 2 is 1.72 bits per heavy atom. The van der Waals surface area contributed by atoms with Crippen molar-refractivity contribution in [2.24, 2.45) is 5.92 Å². The van der Waals surface area contributed by atoms with Gasteiger partial charge in [-0.15, -0.1) is 0 Å². The smallest absolute Gasteiger partial charge is 0.416 e. The number of carbonyl (C=O) groups excluding carboxylic acids is 3. The lowest BCUT2D eigenvalue weighted by Gasteiger charge is -2.29. The van der Waals surface area contributed by atoms with Gasteiger partial charge in [0.05, 0.1) is 22.2 Å². The van der Waals surface area contributed by atoms with E-state index in [4.69, 9.17) is 4.74 Å². The van der Waals surface area contributed by atoms with E-state index in [1.807, 2.05) is 19.1 Å². The number of alkyl halides is 3. The highest BCUT2D eigenvalue weighted by atomic mass is 32.2. The Labute approximate surface area is 250 Å². The quantitative estimate of drug-likeness (QED) is 0.271. The minimum atomic E-state index is -4.65. The summed E-state index contributed by atoms with van der Waals surface area (Å²) in [5, 5.41) is 2.24. The number of amides is 3. The monoisotopic (exact) mass is 625 g/mol. The van der Waals surface area contributed by atoms with Crippen molar-refractivity contribution in [1.82, 2.24) is 4.98 Å². The molecule has 2 N–H and O–H groups in total. The second-order valence-electron chi connectivity index (χ2n) is 10.1. The van der Waals surface area contributed by atoms with Crippen molar-refractivity contribution < 1.29 is 32.3 Å². The molecule has 3 heterocycles. The third kappa shape index (κ3) is 5.57. The van der Waals surface area contributed by atoms with E-state index in [1.54, 1.807) is 36.4 Å². The molecule has 0 saturated carbocycles. The Kier molecular flexibility index (Phi) is 7.38. The molecule has 1 fully saturated rings. The van der Waals surface area contributed by atoms with Gasteiger partial charge in [0.15, 0.2) is 6.61 Å². The molecule has 0 radical (unpaired) electrons. The molecule has 0 spiro atoms. The molecule has 3 aromatic carbocycles. The summed E-state index contributed by atoms with van der Waals surface area (Å²) in [5.41, 5.74) is 1.16. The number of nitrogens with one attached hydrogen (secondary N) is 2. The van der Waals surface area contributed by atoms with E-state index < -0.39 is 40.6 Å². The second kappa shape index (κ2) is 11.0. The van der Waals surface area contributed by atoms with E-state index in [0.717, 1.165) is 51.8 Å². The molecule has 220 valence electrons. The molecule has 0 aliphatic carbocycles. The van der Waals surface area contributed by atoms with E-state index in [1.165, 1.54) is 6.07 Å². The van der Waals surface area contributed by atoms with Gasteiger partial charge < -0.3 is 15.0 Å². The average molecular weight is 626 g/mol. The molecule has 1 saturated heterocycles. The Hall–Kier alpha value is -4.36. The zero-order valence-corrected chi connectivity index (χ0v) is 23.9. The number of carbonyl (C=O) groups is 3. The number of benzene rings is 3. The maximum atomic E-state index is 13.8. The Balaban J connectivity index is 1.25. The van der Waals surface area contributed by atoms with Gasteiger partial charge in [0.25, 0.3) is 5.91 Å². The molecule has 4 aromatic rings. The predicted molar refractivity (Wildman–Crippen MR) is 156 cm³/mol. The summed E-state index contributed by atoms with van der Waals surface area (Å²) in [6, 6.07) is 18.0. The van der Waals surface area contributed by atoms with Crippen LogP contribution in [0.25, 0.3) is 0 Å². The average Bonchev–Trinajstić information content (AvgIpc) is 3.47. The lowest BCUT2D eigenvalue weighted by Crippen LogP contribution is -2.32. The van der Waals surface area contributed by atoms with Crippen LogP contribution in [0.2, 0.25) is 0 Å². The third-order valence-corrected chi connectivity index (χ3v) is 9.60.